The largest absolute Gasteiger partial charge is 0.444 e. The molecule has 1 N–H and O–H groups in total. The van der Waals surface area contributed by atoms with Crippen molar-refractivity contribution in [2.24, 2.45) is 0 Å². The molecule has 3 aromatic heterocycles. The molecule has 200 valence electrons. The average molecular weight is 540 g/mol. The van der Waals surface area contributed by atoms with Crippen molar-refractivity contribution >= 4 is 40.1 Å². The van der Waals surface area contributed by atoms with Gasteiger partial charge in [0.15, 0.2) is 17.3 Å². The Morgan fingerprint density at radius 3 is 2.76 bits per heavy atom. The molecule has 1 saturated heterocycles. The van der Waals surface area contributed by atoms with E-state index in [-0.39, 0.29) is 11.7 Å². The van der Waals surface area contributed by atoms with E-state index in [1.54, 1.807) is 44.7 Å². The molecule has 1 fully saturated rings. The molecule has 1 amide bonds. The van der Waals surface area contributed by atoms with Crippen LogP contribution in [0.25, 0.3) is 16.6 Å². The predicted molar refractivity (Wildman–Crippen MR) is 144 cm³/mol. The number of carbonyl (C=O) groups excluding carboxylic acids is 1. The minimum Gasteiger partial charge on any atom is -0.444 e. The summed E-state index contributed by atoms with van der Waals surface area (Å²) in [6.07, 6.45) is 5.08. The zero-order valence-corrected chi connectivity index (χ0v) is 22.5. The second-order valence-electron chi connectivity index (χ2n) is 10.2. The highest BCUT2D eigenvalue weighted by Gasteiger charge is 2.28. The van der Waals surface area contributed by atoms with E-state index in [2.05, 4.69) is 20.4 Å². The van der Waals surface area contributed by atoms with Crippen LogP contribution >= 0.6 is 11.6 Å². The molecule has 1 aliphatic rings. The Balaban J connectivity index is 1.52. The van der Waals surface area contributed by atoms with E-state index in [1.165, 1.54) is 6.33 Å². The van der Waals surface area contributed by atoms with Gasteiger partial charge < -0.3 is 20.0 Å². The lowest BCUT2D eigenvalue weighted by atomic mass is 10.2. The smallest absolute Gasteiger partial charge is 0.410 e. The quantitative estimate of drug-likeness (QED) is 0.416. The molecule has 0 aliphatic carbocycles. The first-order valence-electron chi connectivity index (χ1n) is 12.5. The van der Waals surface area contributed by atoms with Crippen LogP contribution in [-0.2, 0) is 4.74 Å². The molecule has 0 unspecified atom stereocenters. The molecule has 0 radical (unpaired) electrons. The molecular weight excluding hydrogens is 510 g/mol. The Bertz CT molecular complexity index is 1540. The summed E-state index contributed by atoms with van der Waals surface area (Å²) in [6, 6.07) is 4.78. The Morgan fingerprint density at radius 1 is 1.16 bits per heavy atom. The molecule has 0 bridgehead atoms. The molecule has 1 atom stereocenters. The van der Waals surface area contributed by atoms with Crippen LogP contribution < -0.4 is 15.9 Å². The third-order valence-corrected chi connectivity index (χ3v) is 6.51. The van der Waals surface area contributed by atoms with E-state index in [4.69, 9.17) is 21.3 Å². The lowest BCUT2D eigenvalue weighted by molar-refractivity contribution is 0.0263. The van der Waals surface area contributed by atoms with Crippen molar-refractivity contribution in [1.29, 1.82) is 0 Å². The third-order valence-electron chi connectivity index (χ3n) is 6.19. The summed E-state index contributed by atoms with van der Waals surface area (Å²) in [5, 5.41) is 10.1. The maximum absolute atomic E-state index is 13.9. The number of hydrogen-bond donors (Lipinski definition) is 1. The number of anilines is 1. The zero-order chi connectivity index (χ0) is 27.0. The highest BCUT2D eigenvalue weighted by molar-refractivity contribution is 6.35. The first kappa shape index (κ1) is 25.7. The molecule has 5 rings (SSSR count). The Hall–Kier alpha value is -3.93. The number of halogens is 1. The first-order chi connectivity index (χ1) is 18.1. The average Bonchev–Trinajstić information content (AvgIpc) is 3.21. The highest BCUT2D eigenvalue weighted by Crippen LogP contribution is 2.24. The van der Waals surface area contributed by atoms with Gasteiger partial charge in [-0.3, -0.25) is 4.79 Å². The summed E-state index contributed by atoms with van der Waals surface area (Å²) in [6.45, 7) is 9.29. The first-order valence-corrected chi connectivity index (χ1v) is 12.9. The molecular formula is C25H30ClN9O3. The lowest BCUT2D eigenvalue weighted by Crippen LogP contribution is -2.48. The lowest BCUT2D eigenvalue weighted by Gasteiger charge is -2.30. The van der Waals surface area contributed by atoms with Crippen molar-refractivity contribution in [1.82, 2.24) is 34.1 Å². The van der Waals surface area contributed by atoms with E-state index >= 15 is 0 Å². The van der Waals surface area contributed by atoms with Crippen molar-refractivity contribution in [2.75, 3.05) is 36.5 Å². The number of amides is 1. The van der Waals surface area contributed by atoms with Gasteiger partial charge in [0.25, 0.3) is 5.56 Å². The fourth-order valence-electron chi connectivity index (χ4n) is 4.49. The number of ether oxygens (including phenoxy) is 1. The Labute approximate surface area is 224 Å². The molecule has 0 saturated carbocycles. The molecule has 13 heteroatoms. The van der Waals surface area contributed by atoms with Crippen molar-refractivity contribution in [3.05, 3.63) is 58.1 Å². The van der Waals surface area contributed by atoms with Crippen LogP contribution in [0.4, 0.5) is 10.6 Å². The number of nitrogens with zero attached hydrogens (tertiary/aromatic N) is 8. The predicted octanol–water partition coefficient (Wildman–Crippen LogP) is 3.24. The minimum absolute atomic E-state index is 0.274. The molecule has 38 heavy (non-hydrogen) atoms. The van der Waals surface area contributed by atoms with Gasteiger partial charge in [-0.15, -0.1) is 0 Å². The molecule has 4 aromatic rings. The second kappa shape index (κ2) is 10.1. The van der Waals surface area contributed by atoms with Gasteiger partial charge in [-0.05, 0) is 46.2 Å². The standard InChI is InChI=1S/C25H30ClN9O3/c1-16(30-20-22-27-9-12-34(22)29-15-28-20)21-31-18-8-5-7-17(26)19(18)23(36)35(21)33-11-6-10-32(13-14-33)24(37)38-25(2,3)4/h5,7-9,12,15-16H,6,10-11,13-14H2,1-4H3,(H,28,29,30)/t16-/m0/s1. The molecule has 12 nitrogen and oxygen atoms in total. The Morgan fingerprint density at radius 2 is 1.97 bits per heavy atom. The molecule has 0 spiro atoms. The van der Waals surface area contributed by atoms with E-state index < -0.39 is 11.6 Å². The highest BCUT2D eigenvalue weighted by atomic mass is 35.5. The van der Waals surface area contributed by atoms with Crippen LogP contribution in [0.1, 0.15) is 46.0 Å². The van der Waals surface area contributed by atoms with E-state index in [1.807, 2.05) is 32.7 Å². The van der Waals surface area contributed by atoms with Gasteiger partial charge in [0.05, 0.1) is 28.5 Å². The van der Waals surface area contributed by atoms with Gasteiger partial charge in [-0.2, -0.15) is 5.10 Å². The number of rotatable bonds is 4. The summed E-state index contributed by atoms with van der Waals surface area (Å²) >= 11 is 6.46. The van der Waals surface area contributed by atoms with Gasteiger partial charge in [0, 0.05) is 32.0 Å². The monoisotopic (exact) mass is 539 g/mol. The number of imidazole rings is 1. The molecule has 1 aromatic carbocycles. The molecule has 4 heterocycles. The summed E-state index contributed by atoms with van der Waals surface area (Å²) < 4.78 is 8.76. The van der Waals surface area contributed by atoms with Crippen molar-refractivity contribution in [3.8, 4) is 0 Å². The summed E-state index contributed by atoms with van der Waals surface area (Å²) in [5.74, 6) is 0.996. The fourth-order valence-corrected chi connectivity index (χ4v) is 4.74. The summed E-state index contributed by atoms with van der Waals surface area (Å²) in [7, 11) is 0. The maximum atomic E-state index is 13.9. The number of aromatic nitrogens is 6. The van der Waals surface area contributed by atoms with Gasteiger partial charge in [-0.1, -0.05) is 17.7 Å². The number of fused-ring (bicyclic) bond motifs is 2. The maximum Gasteiger partial charge on any atom is 0.410 e. The number of nitrogens with one attached hydrogen (secondary N) is 1. The Kier molecular flexibility index (Phi) is 6.82. The van der Waals surface area contributed by atoms with Crippen LogP contribution in [0.3, 0.4) is 0 Å². The van der Waals surface area contributed by atoms with Crippen LogP contribution in [0.2, 0.25) is 5.02 Å². The minimum atomic E-state index is -0.589. The molecule has 1 aliphatic heterocycles. The van der Waals surface area contributed by atoms with Crippen LogP contribution in [0, 0.1) is 0 Å². The normalized spacial score (nSPS) is 15.5. The second-order valence-corrected chi connectivity index (χ2v) is 10.6. The number of benzene rings is 1. The van der Waals surface area contributed by atoms with Gasteiger partial charge >= 0.3 is 6.09 Å². The zero-order valence-electron chi connectivity index (χ0n) is 21.8. The van der Waals surface area contributed by atoms with Gasteiger partial charge in [0.1, 0.15) is 11.9 Å². The number of hydrogen-bond acceptors (Lipinski definition) is 9. The van der Waals surface area contributed by atoms with Crippen LogP contribution in [-0.4, -0.2) is 72.0 Å². The summed E-state index contributed by atoms with van der Waals surface area (Å²) in [5.41, 5.74) is 0.193. The third kappa shape index (κ3) is 5.08. The summed E-state index contributed by atoms with van der Waals surface area (Å²) in [4.78, 5) is 41.9. The van der Waals surface area contributed by atoms with E-state index in [9.17, 15) is 9.59 Å². The number of carbonyl (C=O) groups is 1. The van der Waals surface area contributed by atoms with Crippen molar-refractivity contribution in [3.63, 3.8) is 0 Å². The SMILES string of the molecule is C[C@H](Nc1ncnn2ccnc12)c1nc2cccc(Cl)c2c(=O)n1N1CCCN(C(=O)OC(C)(C)C)CC1. The van der Waals surface area contributed by atoms with Crippen molar-refractivity contribution in [2.45, 2.75) is 45.8 Å². The van der Waals surface area contributed by atoms with Crippen molar-refractivity contribution < 1.29 is 9.53 Å². The topological polar surface area (TPSA) is 123 Å². The van der Waals surface area contributed by atoms with Gasteiger partial charge in [0.2, 0.25) is 0 Å². The van der Waals surface area contributed by atoms with E-state index in [0.29, 0.717) is 65.8 Å². The van der Waals surface area contributed by atoms with Crippen LogP contribution in [0.15, 0.2) is 41.7 Å². The van der Waals surface area contributed by atoms with E-state index in [0.717, 1.165) is 0 Å². The van der Waals surface area contributed by atoms with Gasteiger partial charge in [-0.25, -0.2) is 28.9 Å². The van der Waals surface area contributed by atoms with Crippen LogP contribution in [0.5, 0.6) is 0 Å². The fraction of sp³-hybridized carbons (Fsp3) is 0.440.